The Balaban J connectivity index is 2.23. The largest absolute Gasteiger partial charge is 0.330 e. The van der Waals surface area contributed by atoms with Crippen LogP contribution in [0.5, 0.6) is 0 Å². The van der Waals surface area contributed by atoms with Crippen molar-refractivity contribution >= 4 is 10.8 Å². The van der Waals surface area contributed by atoms with Gasteiger partial charge in [0.1, 0.15) is 5.82 Å². The number of nitrogens with zero attached hydrogens (tertiary/aromatic N) is 2. The molecule has 0 saturated heterocycles. The zero-order chi connectivity index (χ0) is 14.8. The number of rotatable bonds is 3. The van der Waals surface area contributed by atoms with Gasteiger partial charge in [-0.25, -0.2) is 14.4 Å². The fourth-order valence-corrected chi connectivity index (χ4v) is 2.49. The number of nitrogens with two attached hydrogens (primary N) is 1. The molecule has 0 aliphatic carbocycles. The van der Waals surface area contributed by atoms with Crippen molar-refractivity contribution in [2.24, 2.45) is 5.73 Å². The summed E-state index contributed by atoms with van der Waals surface area (Å²) in [6, 6.07) is 12.5. The Morgan fingerprint density at radius 1 is 1.05 bits per heavy atom. The predicted molar refractivity (Wildman–Crippen MR) is 82.4 cm³/mol. The van der Waals surface area contributed by atoms with Crippen molar-refractivity contribution in [3.8, 4) is 11.4 Å². The zero-order valence-corrected chi connectivity index (χ0v) is 11.8. The van der Waals surface area contributed by atoms with Crippen molar-refractivity contribution in [3.05, 3.63) is 59.7 Å². The van der Waals surface area contributed by atoms with E-state index in [1.165, 1.54) is 6.07 Å². The number of benzene rings is 2. The molecule has 0 fully saturated rings. The molecule has 0 unspecified atom stereocenters. The van der Waals surface area contributed by atoms with Crippen LogP contribution in [0, 0.1) is 12.7 Å². The van der Waals surface area contributed by atoms with Crippen molar-refractivity contribution in [3.63, 3.8) is 0 Å². The van der Waals surface area contributed by atoms with Gasteiger partial charge in [0.25, 0.3) is 0 Å². The first kappa shape index (κ1) is 13.6. The smallest absolute Gasteiger partial charge is 0.160 e. The van der Waals surface area contributed by atoms with Crippen molar-refractivity contribution in [1.29, 1.82) is 0 Å². The first-order chi connectivity index (χ1) is 10.2. The van der Waals surface area contributed by atoms with E-state index in [1.807, 2.05) is 31.2 Å². The topological polar surface area (TPSA) is 51.8 Å². The van der Waals surface area contributed by atoms with Gasteiger partial charge in [0.15, 0.2) is 5.82 Å². The van der Waals surface area contributed by atoms with E-state index in [0.717, 1.165) is 22.3 Å². The molecule has 0 bridgehead atoms. The molecule has 0 radical (unpaired) electrons. The first-order valence-corrected chi connectivity index (χ1v) is 6.91. The summed E-state index contributed by atoms with van der Waals surface area (Å²) in [7, 11) is 0. The monoisotopic (exact) mass is 281 g/mol. The maximum Gasteiger partial charge on any atom is 0.160 e. The van der Waals surface area contributed by atoms with E-state index in [0.29, 0.717) is 24.2 Å². The molecule has 0 amide bonds. The van der Waals surface area contributed by atoms with Crippen LogP contribution < -0.4 is 5.73 Å². The number of aromatic nitrogens is 2. The standard InChI is InChI=1S/C17H16FN3/c1-11-10-12(8-9-19)21-17(20-11)15-6-7-16(18)14-5-3-2-4-13(14)15/h2-7,10H,8-9,19H2,1H3. The lowest BCUT2D eigenvalue weighted by molar-refractivity contribution is 0.640. The summed E-state index contributed by atoms with van der Waals surface area (Å²) in [4.78, 5) is 9.05. The SMILES string of the molecule is Cc1cc(CCN)nc(-c2ccc(F)c3ccccc23)n1. The molecule has 21 heavy (non-hydrogen) atoms. The molecular formula is C17H16FN3. The number of hydrogen-bond acceptors (Lipinski definition) is 3. The van der Waals surface area contributed by atoms with Gasteiger partial charge in [-0.3, -0.25) is 0 Å². The summed E-state index contributed by atoms with van der Waals surface area (Å²) in [6.07, 6.45) is 0.704. The summed E-state index contributed by atoms with van der Waals surface area (Å²) < 4.78 is 13.9. The van der Waals surface area contributed by atoms with E-state index in [9.17, 15) is 4.39 Å². The molecule has 3 nitrogen and oxygen atoms in total. The van der Waals surface area contributed by atoms with Gasteiger partial charge in [-0.05, 0) is 37.1 Å². The van der Waals surface area contributed by atoms with Gasteiger partial charge in [0, 0.05) is 28.8 Å². The van der Waals surface area contributed by atoms with Gasteiger partial charge >= 0.3 is 0 Å². The third kappa shape index (κ3) is 2.62. The molecular weight excluding hydrogens is 265 g/mol. The minimum atomic E-state index is -0.232. The average Bonchev–Trinajstić information content (AvgIpc) is 2.47. The highest BCUT2D eigenvalue weighted by atomic mass is 19.1. The van der Waals surface area contributed by atoms with Crippen LogP contribution in [-0.4, -0.2) is 16.5 Å². The second-order valence-electron chi connectivity index (χ2n) is 5.00. The highest BCUT2D eigenvalue weighted by Crippen LogP contribution is 2.28. The first-order valence-electron chi connectivity index (χ1n) is 6.91. The fourth-order valence-electron chi connectivity index (χ4n) is 2.49. The average molecular weight is 281 g/mol. The molecule has 0 saturated carbocycles. The van der Waals surface area contributed by atoms with Gasteiger partial charge in [0.05, 0.1) is 0 Å². The number of hydrogen-bond donors (Lipinski definition) is 1. The lowest BCUT2D eigenvalue weighted by atomic mass is 10.0. The third-order valence-corrected chi connectivity index (χ3v) is 3.42. The second-order valence-corrected chi connectivity index (χ2v) is 5.00. The molecule has 0 atom stereocenters. The van der Waals surface area contributed by atoms with Crippen LogP contribution in [0.4, 0.5) is 4.39 Å². The Labute approximate surface area is 122 Å². The molecule has 0 spiro atoms. The molecule has 2 N–H and O–H groups in total. The van der Waals surface area contributed by atoms with Crippen LogP contribution in [0.1, 0.15) is 11.4 Å². The minimum absolute atomic E-state index is 0.232. The van der Waals surface area contributed by atoms with Crippen LogP contribution in [0.2, 0.25) is 0 Å². The van der Waals surface area contributed by atoms with Crippen LogP contribution in [0.25, 0.3) is 22.2 Å². The van der Waals surface area contributed by atoms with Crippen LogP contribution in [-0.2, 0) is 6.42 Å². The second kappa shape index (κ2) is 5.58. The van der Waals surface area contributed by atoms with E-state index in [4.69, 9.17) is 5.73 Å². The van der Waals surface area contributed by atoms with Gasteiger partial charge in [-0.2, -0.15) is 0 Å². The maximum atomic E-state index is 13.9. The van der Waals surface area contributed by atoms with Crippen molar-refractivity contribution in [2.45, 2.75) is 13.3 Å². The lowest BCUT2D eigenvalue weighted by Crippen LogP contribution is -2.06. The normalized spacial score (nSPS) is 11.0. The fraction of sp³-hybridized carbons (Fsp3) is 0.176. The van der Waals surface area contributed by atoms with Gasteiger partial charge < -0.3 is 5.73 Å². The van der Waals surface area contributed by atoms with E-state index in [2.05, 4.69) is 9.97 Å². The van der Waals surface area contributed by atoms with Gasteiger partial charge in [-0.15, -0.1) is 0 Å². The zero-order valence-electron chi connectivity index (χ0n) is 11.8. The Morgan fingerprint density at radius 3 is 2.57 bits per heavy atom. The molecule has 106 valence electrons. The van der Waals surface area contributed by atoms with E-state index >= 15 is 0 Å². The Bertz CT molecular complexity index is 799. The summed E-state index contributed by atoms with van der Waals surface area (Å²) in [5, 5.41) is 1.40. The summed E-state index contributed by atoms with van der Waals surface area (Å²) in [5.41, 5.74) is 8.24. The van der Waals surface area contributed by atoms with Gasteiger partial charge in [-0.1, -0.05) is 24.3 Å². The minimum Gasteiger partial charge on any atom is -0.330 e. The summed E-state index contributed by atoms with van der Waals surface area (Å²) in [6.45, 7) is 2.47. The van der Waals surface area contributed by atoms with Crippen LogP contribution >= 0.6 is 0 Å². The molecule has 3 rings (SSSR count). The predicted octanol–water partition coefficient (Wildman–Crippen LogP) is 3.25. The molecule has 1 heterocycles. The van der Waals surface area contributed by atoms with Crippen LogP contribution in [0.15, 0.2) is 42.5 Å². The van der Waals surface area contributed by atoms with Crippen molar-refractivity contribution in [2.75, 3.05) is 6.54 Å². The number of aryl methyl sites for hydroxylation is 1. The highest BCUT2D eigenvalue weighted by Gasteiger charge is 2.11. The van der Waals surface area contributed by atoms with E-state index in [-0.39, 0.29) is 5.82 Å². The number of fused-ring (bicyclic) bond motifs is 1. The van der Waals surface area contributed by atoms with Gasteiger partial charge in [0.2, 0.25) is 0 Å². The molecule has 0 aliphatic heterocycles. The Hall–Kier alpha value is -2.33. The van der Waals surface area contributed by atoms with Crippen LogP contribution in [0.3, 0.4) is 0 Å². The van der Waals surface area contributed by atoms with E-state index < -0.39 is 0 Å². The molecule has 1 aromatic heterocycles. The van der Waals surface area contributed by atoms with E-state index in [1.54, 1.807) is 12.1 Å². The Morgan fingerprint density at radius 2 is 1.81 bits per heavy atom. The molecule has 3 aromatic rings. The molecule has 4 heteroatoms. The highest BCUT2D eigenvalue weighted by molar-refractivity contribution is 5.95. The van der Waals surface area contributed by atoms with Crippen molar-refractivity contribution in [1.82, 2.24) is 9.97 Å². The third-order valence-electron chi connectivity index (χ3n) is 3.42. The number of halogens is 1. The van der Waals surface area contributed by atoms with Crippen molar-refractivity contribution < 1.29 is 4.39 Å². The maximum absolute atomic E-state index is 13.9. The quantitative estimate of drug-likeness (QED) is 0.801. The lowest BCUT2D eigenvalue weighted by Gasteiger charge is -2.09. The molecule has 0 aliphatic rings. The summed E-state index contributed by atoms with van der Waals surface area (Å²) in [5.74, 6) is 0.388. The molecule has 2 aromatic carbocycles. The summed E-state index contributed by atoms with van der Waals surface area (Å²) >= 11 is 0. The Kier molecular flexibility index (Phi) is 3.62.